The summed E-state index contributed by atoms with van der Waals surface area (Å²) in [6, 6.07) is 15.1. The van der Waals surface area contributed by atoms with Crippen LogP contribution in [-0.4, -0.2) is 14.5 Å². The second kappa shape index (κ2) is 7.84. The number of thiazole rings is 1. The van der Waals surface area contributed by atoms with Crippen LogP contribution in [-0.2, 0) is 12.3 Å². The van der Waals surface area contributed by atoms with Crippen LogP contribution < -0.4 is 5.56 Å². The average molecular weight is 414 g/mol. The fourth-order valence-electron chi connectivity index (χ4n) is 2.77. The fourth-order valence-corrected chi connectivity index (χ4v) is 4.79. The molecule has 0 bridgehead atoms. The van der Waals surface area contributed by atoms with Crippen molar-refractivity contribution in [2.45, 2.75) is 24.4 Å². The van der Waals surface area contributed by atoms with Crippen LogP contribution >= 0.6 is 34.7 Å². The highest BCUT2D eigenvalue weighted by atomic mass is 35.5. The van der Waals surface area contributed by atoms with Crippen molar-refractivity contribution in [1.82, 2.24) is 14.5 Å². The Balaban J connectivity index is 1.59. The van der Waals surface area contributed by atoms with Crippen LogP contribution in [0.25, 0.3) is 21.5 Å². The van der Waals surface area contributed by atoms with Crippen LogP contribution in [0.2, 0.25) is 5.02 Å². The highest BCUT2D eigenvalue weighted by Gasteiger charge is 2.12. The largest absolute Gasteiger partial charge is 0.287 e. The monoisotopic (exact) mass is 413 g/mol. The van der Waals surface area contributed by atoms with E-state index in [9.17, 15) is 4.79 Å². The molecule has 0 aliphatic rings. The van der Waals surface area contributed by atoms with Gasteiger partial charge in [-0.05, 0) is 31.2 Å². The summed E-state index contributed by atoms with van der Waals surface area (Å²) in [4.78, 5) is 22.1. The van der Waals surface area contributed by atoms with Gasteiger partial charge in [0.05, 0.1) is 16.6 Å². The summed E-state index contributed by atoms with van der Waals surface area (Å²) in [5, 5.41) is 5.10. The Bertz CT molecular complexity index is 1150. The van der Waals surface area contributed by atoms with E-state index in [4.69, 9.17) is 16.6 Å². The van der Waals surface area contributed by atoms with Gasteiger partial charge in [-0.15, -0.1) is 11.3 Å². The third kappa shape index (κ3) is 3.78. The van der Waals surface area contributed by atoms with Gasteiger partial charge in [-0.25, -0.2) is 9.97 Å². The number of para-hydroxylation sites is 1. The molecule has 0 aliphatic heterocycles. The summed E-state index contributed by atoms with van der Waals surface area (Å²) in [6.45, 7) is 2.55. The maximum Gasteiger partial charge on any atom is 0.262 e. The standard InChI is InChI=1S/C20H16ClN3OS2/c1-2-24-19(25)16-5-3-4-6-17(16)23-20(24)27-12-15-11-26-18(22-15)13-7-9-14(21)10-8-13/h3-11H,2,12H2,1H3. The van der Waals surface area contributed by atoms with E-state index in [1.165, 1.54) is 11.8 Å². The van der Waals surface area contributed by atoms with Crippen molar-refractivity contribution in [3.8, 4) is 10.6 Å². The quantitative estimate of drug-likeness (QED) is 0.321. The second-order valence-corrected chi connectivity index (χ2v) is 8.14. The van der Waals surface area contributed by atoms with Gasteiger partial charge in [-0.3, -0.25) is 9.36 Å². The fraction of sp³-hybridized carbons (Fsp3) is 0.150. The molecule has 0 radical (unpaired) electrons. The van der Waals surface area contributed by atoms with Gasteiger partial charge in [-0.1, -0.05) is 47.6 Å². The molecule has 0 saturated carbocycles. The molecule has 2 heterocycles. The first-order chi connectivity index (χ1) is 13.2. The summed E-state index contributed by atoms with van der Waals surface area (Å²) in [5.74, 6) is 0.662. The lowest BCUT2D eigenvalue weighted by Crippen LogP contribution is -2.22. The minimum absolute atomic E-state index is 0.00531. The third-order valence-electron chi connectivity index (χ3n) is 4.13. The van der Waals surface area contributed by atoms with Gasteiger partial charge in [0.15, 0.2) is 5.16 Å². The molecule has 0 N–H and O–H groups in total. The molecule has 27 heavy (non-hydrogen) atoms. The first kappa shape index (κ1) is 18.2. The molecule has 4 aromatic rings. The molecule has 0 spiro atoms. The van der Waals surface area contributed by atoms with Crippen LogP contribution in [0.1, 0.15) is 12.6 Å². The molecule has 4 rings (SSSR count). The van der Waals surface area contributed by atoms with E-state index < -0.39 is 0 Å². The second-order valence-electron chi connectivity index (χ2n) is 5.90. The van der Waals surface area contributed by atoms with Crippen molar-refractivity contribution in [1.29, 1.82) is 0 Å². The van der Waals surface area contributed by atoms with E-state index in [2.05, 4.69) is 4.98 Å². The first-order valence-corrected chi connectivity index (χ1v) is 10.7. The number of halogens is 1. The average Bonchev–Trinajstić information content (AvgIpc) is 3.16. The maximum atomic E-state index is 12.7. The lowest BCUT2D eigenvalue weighted by molar-refractivity contribution is 0.634. The number of thioether (sulfide) groups is 1. The Morgan fingerprint density at radius 2 is 1.89 bits per heavy atom. The van der Waals surface area contributed by atoms with Crippen LogP contribution in [0, 0.1) is 0 Å². The molecule has 7 heteroatoms. The normalized spacial score (nSPS) is 11.2. The molecular weight excluding hydrogens is 398 g/mol. The minimum atomic E-state index is 0.00531. The van der Waals surface area contributed by atoms with Crippen molar-refractivity contribution in [3.63, 3.8) is 0 Å². The minimum Gasteiger partial charge on any atom is -0.287 e. The molecule has 0 amide bonds. The maximum absolute atomic E-state index is 12.7. The van der Waals surface area contributed by atoms with Gasteiger partial charge in [0, 0.05) is 28.3 Å². The van der Waals surface area contributed by atoms with Crippen LogP contribution in [0.15, 0.2) is 63.9 Å². The van der Waals surface area contributed by atoms with Crippen LogP contribution in [0.3, 0.4) is 0 Å². The van der Waals surface area contributed by atoms with E-state index in [1.54, 1.807) is 15.9 Å². The van der Waals surface area contributed by atoms with Crippen molar-refractivity contribution >= 4 is 45.6 Å². The van der Waals surface area contributed by atoms with E-state index in [1.807, 2.05) is 60.8 Å². The number of hydrogen-bond acceptors (Lipinski definition) is 5. The topological polar surface area (TPSA) is 47.8 Å². The highest BCUT2D eigenvalue weighted by Crippen LogP contribution is 2.28. The Kier molecular flexibility index (Phi) is 5.29. The molecule has 0 saturated heterocycles. The number of aromatic nitrogens is 3. The molecular formula is C20H16ClN3OS2. The summed E-state index contributed by atoms with van der Waals surface area (Å²) < 4.78 is 1.72. The number of hydrogen-bond donors (Lipinski definition) is 0. The van der Waals surface area contributed by atoms with Gasteiger partial charge in [0.1, 0.15) is 5.01 Å². The van der Waals surface area contributed by atoms with Gasteiger partial charge in [0.2, 0.25) is 0 Å². The summed E-state index contributed by atoms with van der Waals surface area (Å²) in [7, 11) is 0. The van der Waals surface area contributed by atoms with Gasteiger partial charge in [-0.2, -0.15) is 0 Å². The van der Waals surface area contributed by atoms with Crippen molar-refractivity contribution < 1.29 is 0 Å². The van der Waals surface area contributed by atoms with E-state index >= 15 is 0 Å². The molecule has 0 unspecified atom stereocenters. The van der Waals surface area contributed by atoms with Crippen LogP contribution in [0.4, 0.5) is 0 Å². The predicted molar refractivity (Wildman–Crippen MR) is 114 cm³/mol. The molecule has 0 fully saturated rings. The lowest BCUT2D eigenvalue weighted by atomic mass is 10.2. The number of fused-ring (bicyclic) bond motifs is 1. The van der Waals surface area contributed by atoms with Crippen molar-refractivity contribution in [3.05, 3.63) is 75.0 Å². The third-order valence-corrected chi connectivity index (χ3v) is 6.34. The predicted octanol–water partition coefficient (Wildman–Crippen LogP) is 5.49. The van der Waals surface area contributed by atoms with Crippen molar-refractivity contribution in [2.24, 2.45) is 0 Å². The Morgan fingerprint density at radius 1 is 1.11 bits per heavy atom. The number of benzene rings is 2. The highest BCUT2D eigenvalue weighted by molar-refractivity contribution is 7.98. The molecule has 0 aliphatic carbocycles. The summed E-state index contributed by atoms with van der Waals surface area (Å²) >= 11 is 9.09. The molecule has 2 aromatic carbocycles. The zero-order chi connectivity index (χ0) is 18.8. The Labute approximate surface area is 169 Å². The number of nitrogens with zero attached hydrogens (tertiary/aromatic N) is 3. The van der Waals surface area contributed by atoms with E-state index in [-0.39, 0.29) is 5.56 Å². The number of rotatable bonds is 5. The summed E-state index contributed by atoms with van der Waals surface area (Å²) in [5.41, 5.74) is 2.76. The molecule has 2 aromatic heterocycles. The lowest BCUT2D eigenvalue weighted by Gasteiger charge is -2.10. The van der Waals surface area contributed by atoms with Gasteiger partial charge in [0.25, 0.3) is 5.56 Å². The van der Waals surface area contributed by atoms with E-state index in [0.717, 1.165) is 26.9 Å². The van der Waals surface area contributed by atoms with Crippen molar-refractivity contribution in [2.75, 3.05) is 0 Å². The SMILES string of the molecule is CCn1c(SCc2csc(-c3ccc(Cl)cc3)n2)nc2ccccc2c1=O. The first-order valence-electron chi connectivity index (χ1n) is 8.48. The van der Waals surface area contributed by atoms with Gasteiger partial charge >= 0.3 is 0 Å². The molecule has 136 valence electrons. The summed E-state index contributed by atoms with van der Waals surface area (Å²) in [6.07, 6.45) is 0. The van der Waals surface area contributed by atoms with Gasteiger partial charge < -0.3 is 0 Å². The molecule has 0 atom stereocenters. The Hall–Kier alpha value is -2.15. The molecule has 4 nitrogen and oxygen atoms in total. The smallest absolute Gasteiger partial charge is 0.262 e. The zero-order valence-electron chi connectivity index (χ0n) is 14.6. The van der Waals surface area contributed by atoms with Crippen LogP contribution in [0.5, 0.6) is 0 Å². The van der Waals surface area contributed by atoms with E-state index in [0.29, 0.717) is 22.7 Å². The Morgan fingerprint density at radius 3 is 2.67 bits per heavy atom. The zero-order valence-corrected chi connectivity index (χ0v) is 16.9.